The molecule has 3 nitrogen and oxygen atoms in total. The monoisotopic (exact) mass is 351 g/mol. The van der Waals surface area contributed by atoms with E-state index in [0.29, 0.717) is 12.1 Å². The van der Waals surface area contributed by atoms with Gasteiger partial charge in [0.25, 0.3) is 0 Å². The molecule has 0 heterocycles. The molecule has 24 heavy (non-hydrogen) atoms. The zero-order valence-electron chi connectivity index (χ0n) is 11.8. The molecule has 0 bridgehead atoms. The summed E-state index contributed by atoms with van der Waals surface area (Å²) < 4.78 is 89.9. The fraction of sp³-hybridized carbons (Fsp3) is 0.286. The van der Waals surface area contributed by atoms with E-state index in [0.717, 1.165) is 19.2 Å². The number of anilines is 1. The van der Waals surface area contributed by atoms with Crippen molar-refractivity contribution in [2.24, 2.45) is 0 Å². The molecule has 0 amide bonds. The van der Waals surface area contributed by atoms with Gasteiger partial charge in [-0.1, -0.05) is 12.1 Å². The van der Waals surface area contributed by atoms with E-state index >= 15 is 0 Å². The Bertz CT molecular complexity index is 703. The minimum absolute atomic E-state index is 0.00782. The number of alkyl halides is 7. The molecule has 10 heteroatoms. The Morgan fingerprint density at radius 3 is 1.88 bits per heavy atom. The quantitative estimate of drug-likeness (QED) is 0.638. The zero-order valence-corrected chi connectivity index (χ0v) is 11.8. The van der Waals surface area contributed by atoms with Crippen LogP contribution in [0.25, 0.3) is 0 Å². The van der Waals surface area contributed by atoms with Crippen LogP contribution in [0.5, 0.6) is 0 Å². The third-order valence-electron chi connectivity index (χ3n) is 3.02. The number of rotatable bonds is 3. The molecule has 0 aliphatic rings. The smallest absolute Gasteiger partial charge is 0.360 e. The number of halogens is 7. The maximum absolute atomic E-state index is 13.9. The van der Waals surface area contributed by atoms with Gasteiger partial charge in [-0.3, -0.25) is 0 Å². The SMILES string of the molecule is Cc1cc(C(F)(C(F)(F)F)C(F)(F)F)ccc1NC=C(C#N)C#N. The summed E-state index contributed by atoms with van der Waals surface area (Å²) >= 11 is 0. The number of hydrogen-bond donors (Lipinski definition) is 1. The lowest BCUT2D eigenvalue weighted by atomic mass is 9.92. The predicted molar refractivity (Wildman–Crippen MR) is 69.0 cm³/mol. The highest BCUT2D eigenvalue weighted by atomic mass is 19.4. The summed E-state index contributed by atoms with van der Waals surface area (Å²) in [5.74, 6) is 0. The van der Waals surface area contributed by atoms with Crippen LogP contribution in [0.2, 0.25) is 0 Å². The van der Waals surface area contributed by atoms with Gasteiger partial charge in [-0.2, -0.15) is 36.9 Å². The van der Waals surface area contributed by atoms with Crippen LogP contribution in [-0.4, -0.2) is 12.4 Å². The molecule has 1 aromatic carbocycles. The van der Waals surface area contributed by atoms with Crippen molar-refractivity contribution >= 4 is 5.69 Å². The Labute approximate surface area is 131 Å². The Kier molecular flexibility index (Phi) is 5.14. The summed E-state index contributed by atoms with van der Waals surface area (Å²) in [5.41, 5.74) is -7.63. The van der Waals surface area contributed by atoms with Gasteiger partial charge in [0.15, 0.2) is 0 Å². The van der Waals surface area contributed by atoms with Gasteiger partial charge < -0.3 is 5.32 Å². The number of nitrogens with zero attached hydrogens (tertiary/aromatic N) is 2. The first kappa shape index (κ1) is 19.3. The van der Waals surface area contributed by atoms with Gasteiger partial charge in [-0.05, 0) is 18.6 Å². The maximum atomic E-state index is 13.9. The third-order valence-corrected chi connectivity index (χ3v) is 3.02. The highest BCUT2D eigenvalue weighted by Gasteiger charge is 2.73. The van der Waals surface area contributed by atoms with Gasteiger partial charge in [0.1, 0.15) is 17.7 Å². The normalized spacial score (nSPS) is 12.1. The first-order valence-corrected chi connectivity index (χ1v) is 6.09. The summed E-state index contributed by atoms with van der Waals surface area (Å²) in [4.78, 5) is 0. The van der Waals surface area contributed by atoms with Gasteiger partial charge in [-0.15, -0.1) is 0 Å². The minimum atomic E-state index is -6.19. The first-order chi connectivity index (χ1) is 10.9. The van der Waals surface area contributed by atoms with Gasteiger partial charge in [-0.25, -0.2) is 4.39 Å². The molecule has 0 fully saturated rings. The number of nitriles is 2. The van der Waals surface area contributed by atoms with Gasteiger partial charge in [0.05, 0.1) is 0 Å². The Balaban J connectivity index is 3.35. The highest BCUT2D eigenvalue weighted by Crippen LogP contribution is 2.53. The molecule has 0 atom stereocenters. The van der Waals surface area contributed by atoms with Crippen LogP contribution in [0.1, 0.15) is 11.1 Å². The van der Waals surface area contributed by atoms with Crippen molar-refractivity contribution < 1.29 is 30.7 Å². The summed E-state index contributed by atoms with van der Waals surface area (Å²) in [6.45, 7) is 1.14. The van der Waals surface area contributed by atoms with E-state index < -0.39 is 23.6 Å². The van der Waals surface area contributed by atoms with Crippen LogP contribution < -0.4 is 5.32 Å². The van der Waals surface area contributed by atoms with E-state index in [1.807, 2.05) is 0 Å². The van der Waals surface area contributed by atoms with Crippen LogP contribution >= 0.6 is 0 Å². The van der Waals surface area contributed by atoms with Crippen molar-refractivity contribution in [3.05, 3.63) is 41.1 Å². The fourth-order valence-electron chi connectivity index (χ4n) is 1.77. The Hall–Kier alpha value is -2.75. The number of nitrogens with one attached hydrogen (secondary N) is 1. The van der Waals surface area contributed by atoms with Gasteiger partial charge >= 0.3 is 18.0 Å². The van der Waals surface area contributed by atoms with Gasteiger partial charge in [0.2, 0.25) is 0 Å². The molecule has 0 radical (unpaired) electrons. The standard InChI is InChI=1S/C14H8F7N3/c1-8-4-10(12(15,13(16,17)18)14(19,20)21)2-3-11(8)24-7-9(5-22)6-23/h2-4,7,24H,1H3. The lowest BCUT2D eigenvalue weighted by Gasteiger charge is -2.30. The molecule has 0 unspecified atom stereocenters. The van der Waals surface area contributed by atoms with Crippen LogP contribution in [0.4, 0.5) is 36.4 Å². The van der Waals surface area contributed by atoms with Crippen LogP contribution in [-0.2, 0) is 5.67 Å². The van der Waals surface area contributed by atoms with E-state index in [4.69, 9.17) is 10.5 Å². The van der Waals surface area contributed by atoms with Gasteiger partial charge in [0, 0.05) is 17.5 Å². The summed E-state index contributed by atoms with van der Waals surface area (Å²) in [7, 11) is 0. The van der Waals surface area contributed by atoms with Crippen molar-refractivity contribution in [3.8, 4) is 12.1 Å². The van der Waals surface area contributed by atoms with Crippen LogP contribution in [0, 0.1) is 29.6 Å². The van der Waals surface area contributed by atoms with E-state index in [2.05, 4.69) is 5.32 Å². The molecule has 1 rings (SSSR count). The van der Waals surface area contributed by atoms with E-state index in [1.165, 1.54) is 12.1 Å². The van der Waals surface area contributed by atoms with Crippen molar-refractivity contribution in [2.75, 3.05) is 5.32 Å². The van der Waals surface area contributed by atoms with Crippen molar-refractivity contribution in [1.29, 1.82) is 10.5 Å². The maximum Gasteiger partial charge on any atom is 0.435 e. The molecule has 0 aromatic heterocycles. The van der Waals surface area contributed by atoms with E-state index in [1.54, 1.807) is 0 Å². The Morgan fingerprint density at radius 2 is 1.50 bits per heavy atom. The van der Waals surface area contributed by atoms with Crippen molar-refractivity contribution in [1.82, 2.24) is 0 Å². The molecule has 1 aromatic rings. The summed E-state index contributed by atoms with van der Waals surface area (Å²) in [5, 5.41) is 19.4. The number of aryl methyl sites for hydroxylation is 1. The number of benzene rings is 1. The lowest BCUT2D eigenvalue weighted by molar-refractivity contribution is -0.348. The molecular weight excluding hydrogens is 343 g/mol. The largest absolute Gasteiger partial charge is 0.435 e. The molecule has 1 N–H and O–H groups in total. The highest BCUT2D eigenvalue weighted by molar-refractivity contribution is 5.56. The zero-order chi connectivity index (χ0) is 18.8. The van der Waals surface area contributed by atoms with Crippen molar-refractivity contribution in [3.63, 3.8) is 0 Å². The Morgan fingerprint density at radius 1 is 1.00 bits per heavy atom. The molecule has 0 spiro atoms. The molecule has 0 saturated carbocycles. The molecule has 0 saturated heterocycles. The predicted octanol–water partition coefficient (Wildman–Crippen LogP) is 4.63. The molecule has 128 valence electrons. The third kappa shape index (κ3) is 3.43. The molecular formula is C14H8F7N3. The topological polar surface area (TPSA) is 59.6 Å². The molecule has 0 aliphatic carbocycles. The molecule has 0 aliphatic heterocycles. The second-order valence-corrected chi connectivity index (χ2v) is 4.61. The average molecular weight is 351 g/mol. The first-order valence-electron chi connectivity index (χ1n) is 6.09. The van der Waals surface area contributed by atoms with E-state index in [9.17, 15) is 30.7 Å². The van der Waals surface area contributed by atoms with Crippen molar-refractivity contribution in [2.45, 2.75) is 24.9 Å². The number of hydrogen-bond acceptors (Lipinski definition) is 3. The average Bonchev–Trinajstić information content (AvgIpc) is 2.46. The van der Waals surface area contributed by atoms with E-state index in [-0.39, 0.29) is 16.8 Å². The second-order valence-electron chi connectivity index (χ2n) is 4.61. The summed E-state index contributed by atoms with van der Waals surface area (Å²) in [6, 6.07) is 4.52. The number of allylic oxidation sites excluding steroid dienone is 1. The minimum Gasteiger partial charge on any atom is -0.360 e. The fourth-order valence-corrected chi connectivity index (χ4v) is 1.77. The second kappa shape index (κ2) is 6.40. The van der Waals surface area contributed by atoms with Crippen LogP contribution in [0.3, 0.4) is 0 Å². The summed E-state index contributed by atoms with van der Waals surface area (Å²) in [6.07, 6.45) is -11.5. The lowest BCUT2D eigenvalue weighted by Crippen LogP contribution is -2.50. The van der Waals surface area contributed by atoms with Crippen LogP contribution in [0.15, 0.2) is 30.0 Å².